The van der Waals surface area contributed by atoms with E-state index in [9.17, 15) is 9.18 Å². The van der Waals surface area contributed by atoms with Gasteiger partial charge >= 0.3 is 0 Å². The predicted octanol–water partition coefficient (Wildman–Crippen LogP) is 0.698. The lowest BCUT2D eigenvalue weighted by molar-refractivity contribution is -0.122. The summed E-state index contributed by atoms with van der Waals surface area (Å²) in [6, 6.07) is 4.22. The van der Waals surface area contributed by atoms with Crippen molar-refractivity contribution in [3.8, 4) is 5.75 Å². The van der Waals surface area contributed by atoms with Crippen LogP contribution in [-0.2, 0) is 11.3 Å². The first-order valence-electron chi connectivity index (χ1n) is 5.93. The van der Waals surface area contributed by atoms with Crippen molar-refractivity contribution in [1.29, 1.82) is 0 Å². The number of benzene rings is 1. The molecule has 1 heterocycles. The zero-order chi connectivity index (χ0) is 14.5. The van der Waals surface area contributed by atoms with Crippen molar-refractivity contribution in [1.82, 2.24) is 25.5 Å². The van der Waals surface area contributed by atoms with E-state index in [2.05, 4.69) is 20.8 Å². The number of carbonyl (C=O) groups is 1. The molecule has 8 heteroatoms. The van der Waals surface area contributed by atoms with Crippen molar-refractivity contribution in [2.45, 2.75) is 19.5 Å². The molecule has 0 saturated carbocycles. The van der Waals surface area contributed by atoms with E-state index in [-0.39, 0.29) is 24.2 Å². The number of nitrogens with one attached hydrogen (secondary N) is 1. The third-order valence-corrected chi connectivity index (χ3v) is 2.75. The molecule has 2 rings (SSSR count). The van der Waals surface area contributed by atoms with Crippen LogP contribution in [0.4, 0.5) is 4.39 Å². The molecule has 1 amide bonds. The second-order valence-corrected chi connectivity index (χ2v) is 4.19. The zero-order valence-corrected chi connectivity index (χ0v) is 11.1. The number of nitrogens with zero attached hydrogens (tertiary/aromatic N) is 4. The Bertz CT molecular complexity index is 588. The lowest BCUT2D eigenvalue weighted by atomic mass is 10.1. The maximum Gasteiger partial charge on any atom is 0.242 e. The molecule has 1 atom stereocenters. The van der Waals surface area contributed by atoms with Crippen LogP contribution in [0.5, 0.6) is 5.75 Å². The van der Waals surface area contributed by atoms with Gasteiger partial charge in [-0.2, -0.15) is 0 Å². The van der Waals surface area contributed by atoms with E-state index in [1.807, 2.05) is 0 Å². The van der Waals surface area contributed by atoms with Crippen molar-refractivity contribution < 1.29 is 13.9 Å². The molecule has 0 radical (unpaired) electrons. The molecule has 0 fully saturated rings. The molecule has 0 aliphatic carbocycles. The number of rotatable bonds is 5. The number of halogens is 1. The molecule has 0 bridgehead atoms. The second kappa shape index (κ2) is 6.09. The first kappa shape index (κ1) is 13.9. The minimum atomic E-state index is -0.466. The van der Waals surface area contributed by atoms with E-state index in [0.717, 1.165) is 0 Å². The minimum absolute atomic E-state index is 0.00990. The highest BCUT2D eigenvalue weighted by Crippen LogP contribution is 2.21. The quantitative estimate of drug-likeness (QED) is 0.871. The van der Waals surface area contributed by atoms with Crippen LogP contribution in [-0.4, -0.2) is 33.2 Å². The Morgan fingerprint density at radius 1 is 1.55 bits per heavy atom. The van der Waals surface area contributed by atoms with Crippen molar-refractivity contribution in [3.63, 3.8) is 0 Å². The molecule has 106 valence electrons. The molecular formula is C12H14FN5O2. The van der Waals surface area contributed by atoms with Gasteiger partial charge in [-0.05, 0) is 35.0 Å². The third-order valence-electron chi connectivity index (χ3n) is 2.75. The minimum Gasteiger partial charge on any atom is -0.494 e. The van der Waals surface area contributed by atoms with E-state index in [1.54, 1.807) is 13.0 Å². The van der Waals surface area contributed by atoms with Crippen LogP contribution in [0.3, 0.4) is 0 Å². The summed E-state index contributed by atoms with van der Waals surface area (Å²) in [6.45, 7) is 1.77. The van der Waals surface area contributed by atoms with Crippen LogP contribution in [0.2, 0.25) is 0 Å². The fourth-order valence-corrected chi connectivity index (χ4v) is 1.72. The largest absolute Gasteiger partial charge is 0.494 e. The number of ether oxygens (including phenoxy) is 1. The number of amides is 1. The van der Waals surface area contributed by atoms with Gasteiger partial charge in [-0.25, -0.2) is 9.07 Å². The molecule has 0 aliphatic rings. The van der Waals surface area contributed by atoms with E-state index in [0.29, 0.717) is 5.56 Å². The maximum atomic E-state index is 13.6. The summed E-state index contributed by atoms with van der Waals surface area (Å²) in [6.07, 6.45) is 1.34. The molecule has 1 aromatic heterocycles. The normalized spacial score (nSPS) is 11.9. The Hall–Kier alpha value is -2.51. The van der Waals surface area contributed by atoms with Gasteiger partial charge in [-0.3, -0.25) is 4.79 Å². The first-order chi connectivity index (χ1) is 9.60. The lowest BCUT2D eigenvalue weighted by Crippen LogP contribution is -2.30. The number of hydrogen-bond acceptors (Lipinski definition) is 5. The van der Waals surface area contributed by atoms with Crippen LogP contribution in [0.25, 0.3) is 0 Å². The highest BCUT2D eigenvalue weighted by molar-refractivity contribution is 5.76. The number of carbonyl (C=O) groups excluding carboxylic acids is 1. The second-order valence-electron chi connectivity index (χ2n) is 4.19. The van der Waals surface area contributed by atoms with Gasteiger partial charge in [0.2, 0.25) is 5.91 Å². The Kier molecular flexibility index (Phi) is 4.24. The van der Waals surface area contributed by atoms with Crippen molar-refractivity contribution >= 4 is 5.91 Å². The summed E-state index contributed by atoms with van der Waals surface area (Å²) < 4.78 is 19.7. The summed E-state index contributed by atoms with van der Waals surface area (Å²) in [4.78, 5) is 11.8. The van der Waals surface area contributed by atoms with Gasteiger partial charge in [0.15, 0.2) is 11.6 Å². The molecule has 20 heavy (non-hydrogen) atoms. The number of aromatic nitrogens is 4. The Morgan fingerprint density at radius 3 is 2.95 bits per heavy atom. The van der Waals surface area contributed by atoms with Gasteiger partial charge in [0.05, 0.1) is 13.2 Å². The smallest absolute Gasteiger partial charge is 0.242 e. The van der Waals surface area contributed by atoms with Crippen LogP contribution >= 0.6 is 0 Å². The standard InChI is InChI=1S/C12H14FN5O2/c1-8(9-3-4-11(20-2)10(13)5-9)15-12(19)6-18-7-14-16-17-18/h3-5,7-8H,6H2,1-2H3,(H,15,19)/t8-/m0/s1. The number of methoxy groups -OCH3 is 1. The molecule has 0 unspecified atom stereocenters. The van der Waals surface area contributed by atoms with E-state index in [1.165, 1.54) is 30.3 Å². The van der Waals surface area contributed by atoms with Gasteiger partial charge in [0, 0.05) is 0 Å². The average Bonchev–Trinajstić information content (AvgIpc) is 2.91. The van der Waals surface area contributed by atoms with Gasteiger partial charge in [0.1, 0.15) is 12.9 Å². The summed E-state index contributed by atoms with van der Waals surface area (Å²) in [5.41, 5.74) is 0.647. The SMILES string of the molecule is COc1ccc([C@H](C)NC(=O)Cn2cnnn2)cc1F. The van der Waals surface area contributed by atoms with E-state index in [4.69, 9.17) is 4.74 Å². The van der Waals surface area contributed by atoms with Crippen LogP contribution < -0.4 is 10.1 Å². The Morgan fingerprint density at radius 2 is 2.35 bits per heavy atom. The van der Waals surface area contributed by atoms with Crippen LogP contribution in [0.15, 0.2) is 24.5 Å². The molecule has 7 nitrogen and oxygen atoms in total. The fourth-order valence-electron chi connectivity index (χ4n) is 1.72. The van der Waals surface area contributed by atoms with Crippen molar-refractivity contribution in [3.05, 3.63) is 35.9 Å². The molecule has 0 saturated heterocycles. The van der Waals surface area contributed by atoms with Crippen LogP contribution in [0, 0.1) is 5.82 Å². The highest BCUT2D eigenvalue weighted by Gasteiger charge is 2.12. The molecule has 2 aromatic rings. The fraction of sp³-hybridized carbons (Fsp3) is 0.333. The van der Waals surface area contributed by atoms with E-state index >= 15 is 0 Å². The van der Waals surface area contributed by atoms with Gasteiger partial charge in [-0.1, -0.05) is 6.07 Å². The number of tetrazole rings is 1. The van der Waals surface area contributed by atoms with Crippen molar-refractivity contribution in [2.24, 2.45) is 0 Å². The average molecular weight is 279 g/mol. The maximum absolute atomic E-state index is 13.6. The number of hydrogen-bond donors (Lipinski definition) is 1. The third kappa shape index (κ3) is 3.28. The predicted molar refractivity (Wildman–Crippen MR) is 67.3 cm³/mol. The monoisotopic (exact) mass is 279 g/mol. The zero-order valence-electron chi connectivity index (χ0n) is 11.1. The highest BCUT2D eigenvalue weighted by atomic mass is 19.1. The molecule has 0 spiro atoms. The molecular weight excluding hydrogens is 265 g/mol. The van der Waals surface area contributed by atoms with Gasteiger partial charge < -0.3 is 10.1 Å². The van der Waals surface area contributed by atoms with Gasteiger partial charge in [-0.15, -0.1) is 5.10 Å². The first-order valence-corrected chi connectivity index (χ1v) is 5.93. The van der Waals surface area contributed by atoms with E-state index < -0.39 is 5.82 Å². The Labute approximate surface area is 114 Å². The molecule has 1 aromatic carbocycles. The van der Waals surface area contributed by atoms with Crippen molar-refractivity contribution in [2.75, 3.05) is 7.11 Å². The van der Waals surface area contributed by atoms with Crippen LogP contribution in [0.1, 0.15) is 18.5 Å². The lowest BCUT2D eigenvalue weighted by Gasteiger charge is -2.15. The summed E-state index contributed by atoms with van der Waals surface area (Å²) in [5.74, 6) is -0.562. The molecule has 1 N–H and O–H groups in total. The summed E-state index contributed by atoms with van der Waals surface area (Å²) in [5, 5.41) is 13.2. The molecule has 0 aliphatic heterocycles. The van der Waals surface area contributed by atoms with Gasteiger partial charge in [0.25, 0.3) is 0 Å². The summed E-state index contributed by atoms with van der Waals surface area (Å²) in [7, 11) is 1.40. The Balaban J connectivity index is 1.99. The topological polar surface area (TPSA) is 81.9 Å². The summed E-state index contributed by atoms with van der Waals surface area (Å²) >= 11 is 0.